The Hall–Kier alpha value is -3.84. The first-order valence-electron chi connectivity index (χ1n) is 13.5. The van der Waals surface area contributed by atoms with Crippen molar-refractivity contribution in [2.24, 2.45) is 0 Å². The van der Waals surface area contributed by atoms with E-state index in [2.05, 4.69) is 23.5 Å². The molecule has 1 aromatic heterocycles. The summed E-state index contributed by atoms with van der Waals surface area (Å²) in [7, 11) is 1.62. The van der Waals surface area contributed by atoms with Crippen molar-refractivity contribution in [3.8, 4) is 22.7 Å². The van der Waals surface area contributed by atoms with Gasteiger partial charge in [-0.15, -0.1) is 0 Å². The first-order valence-corrected chi connectivity index (χ1v) is 14.4. The van der Waals surface area contributed by atoms with Crippen LogP contribution in [0.2, 0.25) is 0 Å². The average Bonchev–Trinajstić information content (AvgIpc) is 2.97. The molecule has 1 fully saturated rings. The van der Waals surface area contributed by atoms with Gasteiger partial charge < -0.3 is 10.1 Å². The van der Waals surface area contributed by atoms with Crippen molar-refractivity contribution in [2.45, 2.75) is 49.1 Å². The first-order chi connectivity index (χ1) is 19.1. The summed E-state index contributed by atoms with van der Waals surface area (Å²) in [5.41, 5.74) is 5.02. The molecule has 0 radical (unpaired) electrons. The molecule has 0 atom stereocenters. The molecule has 0 aliphatic heterocycles. The lowest BCUT2D eigenvalue weighted by Gasteiger charge is -2.42. The smallest absolute Gasteiger partial charge is 0.263 e. The molecule has 2 aliphatic carbocycles. The van der Waals surface area contributed by atoms with E-state index in [-0.39, 0.29) is 22.6 Å². The fourth-order valence-corrected chi connectivity index (χ4v) is 6.92. The molecule has 4 aromatic rings. The van der Waals surface area contributed by atoms with Crippen LogP contribution in [0.4, 0.5) is 5.69 Å². The van der Waals surface area contributed by atoms with Gasteiger partial charge in [-0.3, -0.25) is 14.2 Å². The maximum Gasteiger partial charge on any atom is 0.263 e. The lowest BCUT2D eigenvalue weighted by atomic mass is 9.62. The Morgan fingerprint density at radius 3 is 2.56 bits per heavy atom. The summed E-state index contributed by atoms with van der Waals surface area (Å²) in [6.45, 7) is 0. The van der Waals surface area contributed by atoms with E-state index in [4.69, 9.17) is 9.72 Å². The molecule has 3 aromatic carbocycles. The molecule has 2 aliphatic rings. The maximum atomic E-state index is 14.6. The molecule has 198 valence electrons. The van der Waals surface area contributed by atoms with Crippen molar-refractivity contribution >= 4 is 23.4 Å². The summed E-state index contributed by atoms with van der Waals surface area (Å²) in [5.74, 6) is 0.629. The standard InChI is InChI=1S/C32H31N3O3S/c1-38-25-15-10-14-24(19-25)35-30(37)28-29(34-31(35)39-21-27(36)33-23-12-4-2-5-13-23)26-16-7-6-11-22(26)20-32(28)17-8-3-9-18-32/h2,4-7,10-16,19H,3,8-9,17-18,20-21H2,1H3,(H,33,36). The molecule has 1 N–H and O–H groups in total. The van der Waals surface area contributed by atoms with Gasteiger partial charge >= 0.3 is 0 Å². The Kier molecular flexibility index (Phi) is 7.00. The molecular weight excluding hydrogens is 506 g/mol. The summed E-state index contributed by atoms with van der Waals surface area (Å²) in [4.78, 5) is 32.7. The monoisotopic (exact) mass is 537 g/mol. The van der Waals surface area contributed by atoms with Gasteiger partial charge in [0.25, 0.3) is 5.56 Å². The van der Waals surface area contributed by atoms with Crippen LogP contribution in [0.3, 0.4) is 0 Å². The van der Waals surface area contributed by atoms with Gasteiger partial charge in [-0.05, 0) is 49.1 Å². The van der Waals surface area contributed by atoms with Gasteiger partial charge in [0.15, 0.2) is 5.16 Å². The Labute approximate surface area is 232 Å². The largest absolute Gasteiger partial charge is 0.497 e. The number of anilines is 1. The highest BCUT2D eigenvalue weighted by Crippen LogP contribution is 2.49. The van der Waals surface area contributed by atoms with E-state index >= 15 is 0 Å². The summed E-state index contributed by atoms with van der Waals surface area (Å²) in [6, 6.07) is 25.2. The number of aromatic nitrogens is 2. The molecule has 0 saturated heterocycles. The third-order valence-electron chi connectivity index (χ3n) is 7.90. The van der Waals surface area contributed by atoms with E-state index in [0.29, 0.717) is 16.6 Å². The lowest BCUT2D eigenvalue weighted by molar-refractivity contribution is -0.113. The quantitative estimate of drug-likeness (QED) is 0.228. The van der Waals surface area contributed by atoms with Crippen LogP contribution in [-0.2, 0) is 16.6 Å². The van der Waals surface area contributed by atoms with Gasteiger partial charge in [0.2, 0.25) is 5.91 Å². The molecule has 0 bridgehead atoms. The molecule has 39 heavy (non-hydrogen) atoms. The zero-order valence-corrected chi connectivity index (χ0v) is 22.8. The van der Waals surface area contributed by atoms with Crippen LogP contribution >= 0.6 is 11.8 Å². The molecule has 1 heterocycles. The van der Waals surface area contributed by atoms with Crippen molar-refractivity contribution in [3.05, 3.63) is 100 Å². The number of nitrogens with zero attached hydrogens (tertiary/aromatic N) is 2. The number of carbonyl (C=O) groups is 1. The van der Waals surface area contributed by atoms with Crippen LogP contribution in [0, 0.1) is 0 Å². The normalized spacial score (nSPS) is 15.3. The number of methoxy groups -OCH3 is 1. The second-order valence-electron chi connectivity index (χ2n) is 10.3. The predicted molar refractivity (Wildman–Crippen MR) is 156 cm³/mol. The topological polar surface area (TPSA) is 73.2 Å². The number of ether oxygens (including phenoxy) is 1. The number of nitrogens with one attached hydrogen (secondary N) is 1. The number of hydrogen-bond donors (Lipinski definition) is 1. The van der Waals surface area contributed by atoms with Crippen molar-refractivity contribution in [2.75, 3.05) is 18.2 Å². The minimum absolute atomic E-state index is 0.0457. The van der Waals surface area contributed by atoms with Gasteiger partial charge in [0.1, 0.15) is 5.75 Å². The summed E-state index contributed by atoms with van der Waals surface area (Å²) < 4.78 is 7.17. The van der Waals surface area contributed by atoms with Crippen LogP contribution in [-0.4, -0.2) is 28.3 Å². The number of rotatable bonds is 6. The summed E-state index contributed by atoms with van der Waals surface area (Å²) >= 11 is 1.28. The van der Waals surface area contributed by atoms with Crippen LogP contribution in [0.5, 0.6) is 5.75 Å². The SMILES string of the molecule is COc1cccc(-n2c(SCC(=O)Nc3ccccc3)nc3c(c2=O)C2(CCCCC2)Cc2ccccc2-3)c1. The van der Waals surface area contributed by atoms with E-state index < -0.39 is 0 Å². The number of carbonyl (C=O) groups excluding carboxylic acids is 1. The van der Waals surface area contributed by atoms with Gasteiger partial charge in [-0.1, -0.05) is 79.6 Å². The van der Waals surface area contributed by atoms with Crippen LogP contribution in [0.1, 0.15) is 43.2 Å². The number of fused-ring (bicyclic) bond motifs is 4. The second kappa shape index (κ2) is 10.7. The van der Waals surface area contributed by atoms with E-state index in [1.807, 2.05) is 60.7 Å². The van der Waals surface area contributed by atoms with Gasteiger partial charge in [-0.2, -0.15) is 0 Å². The zero-order valence-electron chi connectivity index (χ0n) is 22.0. The van der Waals surface area contributed by atoms with Gasteiger partial charge in [-0.25, -0.2) is 4.98 Å². The van der Waals surface area contributed by atoms with Crippen LogP contribution in [0.15, 0.2) is 88.8 Å². The Bertz CT molecular complexity index is 1580. The molecular formula is C32H31N3O3S. The number of hydrogen-bond acceptors (Lipinski definition) is 5. The zero-order chi connectivity index (χ0) is 26.8. The second-order valence-corrected chi connectivity index (χ2v) is 11.3. The van der Waals surface area contributed by atoms with Crippen molar-refractivity contribution in [1.82, 2.24) is 9.55 Å². The predicted octanol–water partition coefficient (Wildman–Crippen LogP) is 6.40. The minimum Gasteiger partial charge on any atom is -0.497 e. The van der Waals surface area contributed by atoms with Gasteiger partial charge in [0.05, 0.1) is 29.8 Å². The Morgan fingerprint density at radius 2 is 1.77 bits per heavy atom. The average molecular weight is 538 g/mol. The number of amides is 1. The molecule has 0 unspecified atom stereocenters. The minimum atomic E-state index is -0.222. The molecule has 1 amide bonds. The van der Waals surface area contributed by atoms with Crippen molar-refractivity contribution < 1.29 is 9.53 Å². The van der Waals surface area contributed by atoms with Crippen LogP contribution < -0.4 is 15.6 Å². The summed E-state index contributed by atoms with van der Waals surface area (Å²) in [5, 5.41) is 3.43. The molecule has 1 spiro atoms. The van der Waals surface area contributed by atoms with E-state index in [0.717, 1.165) is 54.6 Å². The molecule has 7 heteroatoms. The fraction of sp³-hybridized carbons (Fsp3) is 0.281. The highest BCUT2D eigenvalue weighted by atomic mass is 32.2. The van der Waals surface area contributed by atoms with Gasteiger partial charge in [0, 0.05) is 22.7 Å². The van der Waals surface area contributed by atoms with E-state index in [1.165, 1.54) is 23.7 Å². The van der Waals surface area contributed by atoms with Crippen molar-refractivity contribution in [3.63, 3.8) is 0 Å². The maximum absolute atomic E-state index is 14.6. The van der Waals surface area contributed by atoms with Crippen LogP contribution in [0.25, 0.3) is 16.9 Å². The number of para-hydroxylation sites is 1. The highest BCUT2D eigenvalue weighted by molar-refractivity contribution is 7.99. The highest BCUT2D eigenvalue weighted by Gasteiger charge is 2.43. The van der Waals surface area contributed by atoms with E-state index in [1.54, 1.807) is 11.7 Å². The molecule has 6 rings (SSSR count). The van der Waals surface area contributed by atoms with Crippen molar-refractivity contribution in [1.29, 1.82) is 0 Å². The summed E-state index contributed by atoms with van der Waals surface area (Å²) in [6.07, 6.45) is 6.23. The lowest BCUT2D eigenvalue weighted by Crippen LogP contribution is -2.43. The molecule has 6 nitrogen and oxygen atoms in total. The van der Waals surface area contributed by atoms with E-state index in [9.17, 15) is 9.59 Å². The third-order valence-corrected chi connectivity index (χ3v) is 8.83. The number of thioether (sulfide) groups is 1. The Morgan fingerprint density at radius 1 is 1.00 bits per heavy atom. The third kappa shape index (κ3) is 4.87. The molecule has 1 saturated carbocycles. The Balaban J connectivity index is 1.49. The fourth-order valence-electron chi connectivity index (χ4n) is 6.11. The number of benzene rings is 3. The first kappa shape index (κ1) is 25.4.